The lowest BCUT2D eigenvalue weighted by Gasteiger charge is -2.29. The van der Waals surface area contributed by atoms with Gasteiger partial charge in [0, 0.05) is 30.3 Å². The summed E-state index contributed by atoms with van der Waals surface area (Å²) in [5.41, 5.74) is 2.59. The molecule has 0 radical (unpaired) electrons. The van der Waals surface area contributed by atoms with Crippen molar-refractivity contribution in [1.82, 2.24) is 5.32 Å². The Morgan fingerprint density at radius 2 is 1.89 bits per heavy atom. The first-order valence-corrected chi connectivity index (χ1v) is 7.71. The lowest BCUT2D eigenvalue weighted by molar-refractivity contribution is 0.485. The lowest BCUT2D eigenvalue weighted by Crippen LogP contribution is -2.30. The van der Waals surface area contributed by atoms with Crippen LogP contribution >= 0.6 is 11.6 Å². The van der Waals surface area contributed by atoms with Gasteiger partial charge in [0.05, 0.1) is 0 Å². The van der Waals surface area contributed by atoms with Crippen LogP contribution in [0.1, 0.15) is 39.2 Å². The molecule has 0 spiro atoms. The van der Waals surface area contributed by atoms with Gasteiger partial charge in [-0.15, -0.1) is 0 Å². The Hall–Kier alpha value is -0.730. The second kappa shape index (κ2) is 8.44. The molecule has 2 nitrogen and oxygen atoms in total. The molecule has 19 heavy (non-hydrogen) atoms. The number of anilines is 1. The van der Waals surface area contributed by atoms with Gasteiger partial charge in [0.1, 0.15) is 0 Å². The summed E-state index contributed by atoms with van der Waals surface area (Å²) in [6, 6.07) is 6.22. The Balaban J connectivity index is 2.96. The Bertz CT molecular complexity index is 375. The third kappa shape index (κ3) is 4.70. The smallest absolute Gasteiger partial charge is 0.0412 e. The zero-order chi connectivity index (χ0) is 14.3. The van der Waals surface area contributed by atoms with E-state index < -0.39 is 0 Å². The van der Waals surface area contributed by atoms with Crippen LogP contribution in [0.2, 0.25) is 5.02 Å². The zero-order valence-corrected chi connectivity index (χ0v) is 13.4. The maximum atomic E-state index is 6.11. The second-order valence-electron chi connectivity index (χ2n) is 5.02. The van der Waals surface area contributed by atoms with E-state index in [0.29, 0.717) is 0 Å². The van der Waals surface area contributed by atoms with Crippen molar-refractivity contribution < 1.29 is 0 Å². The van der Waals surface area contributed by atoms with Crippen LogP contribution in [0, 0.1) is 5.92 Å². The summed E-state index contributed by atoms with van der Waals surface area (Å²) in [7, 11) is 1.97. The van der Waals surface area contributed by atoms with E-state index in [2.05, 4.69) is 43.1 Å². The first-order valence-electron chi connectivity index (χ1n) is 7.34. The molecule has 1 N–H and O–H groups in total. The second-order valence-corrected chi connectivity index (χ2v) is 5.46. The molecule has 0 bridgehead atoms. The number of rotatable bonds is 8. The number of nitrogens with one attached hydrogen (secondary N) is 1. The van der Waals surface area contributed by atoms with Gasteiger partial charge in [0.25, 0.3) is 0 Å². The van der Waals surface area contributed by atoms with Crippen molar-refractivity contribution in [2.24, 2.45) is 5.92 Å². The van der Waals surface area contributed by atoms with Gasteiger partial charge >= 0.3 is 0 Å². The van der Waals surface area contributed by atoms with Crippen LogP contribution in [-0.2, 0) is 6.54 Å². The maximum Gasteiger partial charge on any atom is 0.0412 e. The van der Waals surface area contributed by atoms with Gasteiger partial charge in [-0.3, -0.25) is 0 Å². The molecule has 3 heteroatoms. The molecule has 0 amide bonds. The third-order valence-corrected chi connectivity index (χ3v) is 4.00. The summed E-state index contributed by atoms with van der Waals surface area (Å²) >= 11 is 6.11. The third-order valence-electron chi connectivity index (χ3n) is 3.76. The average molecular weight is 283 g/mol. The fourth-order valence-corrected chi connectivity index (χ4v) is 2.65. The van der Waals surface area contributed by atoms with Crippen LogP contribution in [0.25, 0.3) is 0 Å². The zero-order valence-electron chi connectivity index (χ0n) is 12.7. The predicted molar refractivity (Wildman–Crippen MR) is 86.2 cm³/mol. The molecule has 0 unspecified atom stereocenters. The summed E-state index contributed by atoms with van der Waals surface area (Å²) < 4.78 is 0. The Kier molecular flexibility index (Phi) is 7.25. The van der Waals surface area contributed by atoms with Gasteiger partial charge in [0.2, 0.25) is 0 Å². The minimum Gasteiger partial charge on any atom is -0.371 e. The molecule has 1 aromatic carbocycles. The number of nitrogens with zero attached hydrogens (tertiary/aromatic N) is 1. The van der Waals surface area contributed by atoms with Crippen LogP contribution in [0.5, 0.6) is 0 Å². The highest BCUT2D eigenvalue weighted by Crippen LogP contribution is 2.26. The summed E-state index contributed by atoms with van der Waals surface area (Å²) in [4.78, 5) is 2.47. The molecule has 0 heterocycles. The van der Waals surface area contributed by atoms with E-state index in [-0.39, 0.29) is 0 Å². The van der Waals surface area contributed by atoms with E-state index in [1.165, 1.54) is 24.1 Å². The SMILES string of the molecule is CCC(CC)CN(CC)c1ccc(Cl)cc1CNC. The molecule has 0 atom stereocenters. The number of benzene rings is 1. The van der Waals surface area contributed by atoms with E-state index in [9.17, 15) is 0 Å². The number of hydrogen-bond donors (Lipinski definition) is 1. The highest BCUT2D eigenvalue weighted by atomic mass is 35.5. The van der Waals surface area contributed by atoms with E-state index in [1.807, 2.05) is 13.1 Å². The highest BCUT2D eigenvalue weighted by Gasteiger charge is 2.14. The van der Waals surface area contributed by atoms with Crippen molar-refractivity contribution in [1.29, 1.82) is 0 Å². The van der Waals surface area contributed by atoms with Crippen molar-refractivity contribution in [3.05, 3.63) is 28.8 Å². The molecule has 0 aliphatic rings. The number of hydrogen-bond acceptors (Lipinski definition) is 2. The van der Waals surface area contributed by atoms with Crippen LogP contribution in [0.3, 0.4) is 0 Å². The van der Waals surface area contributed by atoms with Gasteiger partial charge in [-0.2, -0.15) is 0 Å². The van der Waals surface area contributed by atoms with E-state index in [0.717, 1.165) is 30.6 Å². The van der Waals surface area contributed by atoms with Gasteiger partial charge in [0.15, 0.2) is 0 Å². The van der Waals surface area contributed by atoms with Gasteiger partial charge < -0.3 is 10.2 Å². The fraction of sp³-hybridized carbons (Fsp3) is 0.625. The minimum absolute atomic E-state index is 0.762. The molecule has 0 fully saturated rings. The monoisotopic (exact) mass is 282 g/mol. The summed E-state index contributed by atoms with van der Waals surface area (Å²) in [5, 5.41) is 4.04. The Labute approximate surface area is 123 Å². The summed E-state index contributed by atoms with van der Waals surface area (Å²) in [5.74, 6) is 0.762. The van der Waals surface area contributed by atoms with Crippen molar-refractivity contribution in [2.45, 2.75) is 40.2 Å². The molecule has 1 rings (SSSR count). The van der Waals surface area contributed by atoms with E-state index in [1.54, 1.807) is 0 Å². The summed E-state index contributed by atoms with van der Waals surface area (Å²) in [6.45, 7) is 9.79. The Morgan fingerprint density at radius 3 is 2.42 bits per heavy atom. The topological polar surface area (TPSA) is 15.3 Å². The molecular weight excluding hydrogens is 256 g/mol. The lowest BCUT2D eigenvalue weighted by atomic mass is 10.0. The Morgan fingerprint density at radius 1 is 1.21 bits per heavy atom. The number of halogens is 1. The van der Waals surface area contributed by atoms with Crippen LogP contribution in [0.4, 0.5) is 5.69 Å². The molecule has 1 aromatic rings. The predicted octanol–water partition coefficient (Wildman–Crippen LogP) is 4.32. The normalized spacial score (nSPS) is 11.1. The van der Waals surface area contributed by atoms with Crippen molar-refractivity contribution in [2.75, 3.05) is 25.0 Å². The maximum absolute atomic E-state index is 6.11. The van der Waals surface area contributed by atoms with Gasteiger partial charge in [-0.05, 0) is 43.7 Å². The fourth-order valence-electron chi connectivity index (χ4n) is 2.45. The largest absolute Gasteiger partial charge is 0.371 e. The van der Waals surface area contributed by atoms with E-state index in [4.69, 9.17) is 11.6 Å². The molecule has 0 aliphatic carbocycles. The van der Waals surface area contributed by atoms with Gasteiger partial charge in [-0.1, -0.05) is 38.3 Å². The van der Waals surface area contributed by atoms with E-state index >= 15 is 0 Å². The molecule has 0 saturated heterocycles. The molecular formula is C16H27ClN2. The van der Waals surface area contributed by atoms with Gasteiger partial charge in [-0.25, -0.2) is 0 Å². The minimum atomic E-state index is 0.762. The standard InChI is InChI=1S/C16H27ClN2/c1-5-13(6-2)12-19(7-3)16-9-8-15(17)10-14(16)11-18-4/h8-10,13,18H,5-7,11-12H2,1-4H3. The summed E-state index contributed by atoms with van der Waals surface area (Å²) in [6.07, 6.45) is 2.48. The first kappa shape index (κ1) is 16.3. The molecule has 0 aromatic heterocycles. The molecule has 0 saturated carbocycles. The van der Waals surface area contributed by atoms with Crippen molar-refractivity contribution >= 4 is 17.3 Å². The molecule has 108 valence electrons. The van der Waals surface area contributed by atoms with Crippen LogP contribution in [0.15, 0.2) is 18.2 Å². The quantitative estimate of drug-likeness (QED) is 0.764. The van der Waals surface area contributed by atoms with Crippen molar-refractivity contribution in [3.8, 4) is 0 Å². The highest BCUT2D eigenvalue weighted by molar-refractivity contribution is 6.30. The average Bonchev–Trinajstić information content (AvgIpc) is 2.42. The van der Waals surface area contributed by atoms with Crippen LogP contribution in [-0.4, -0.2) is 20.1 Å². The molecule has 0 aliphatic heterocycles. The van der Waals surface area contributed by atoms with Crippen molar-refractivity contribution in [3.63, 3.8) is 0 Å². The van der Waals surface area contributed by atoms with Crippen LogP contribution < -0.4 is 10.2 Å². The first-order chi connectivity index (χ1) is 9.15.